The first-order chi connectivity index (χ1) is 9.04. The molecule has 0 radical (unpaired) electrons. The van der Waals surface area contributed by atoms with Crippen LogP contribution >= 0.6 is 0 Å². The van der Waals surface area contributed by atoms with Crippen molar-refractivity contribution in [3.05, 3.63) is 18.2 Å². The molecule has 0 bridgehead atoms. The molecule has 1 fully saturated rings. The van der Waals surface area contributed by atoms with Crippen LogP contribution in [0.5, 0.6) is 0 Å². The zero-order valence-electron chi connectivity index (χ0n) is 12.7. The summed E-state index contributed by atoms with van der Waals surface area (Å²) in [6, 6.07) is 0. The highest BCUT2D eigenvalue weighted by Crippen LogP contribution is 2.36. The zero-order chi connectivity index (χ0) is 13.9. The van der Waals surface area contributed by atoms with Gasteiger partial charge in [-0.2, -0.15) is 0 Å². The number of aryl methyl sites for hydroxylation is 1. The van der Waals surface area contributed by atoms with Crippen molar-refractivity contribution < 1.29 is 0 Å². The van der Waals surface area contributed by atoms with Gasteiger partial charge in [0, 0.05) is 30.9 Å². The van der Waals surface area contributed by atoms with E-state index in [1.165, 1.54) is 18.7 Å². The second-order valence-electron chi connectivity index (χ2n) is 6.66. The van der Waals surface area contributed by atoms with Crippen LogP contribution in [0.15, 0.2) is 12.4 Å². The molecule has 0 saturated heterocycles. The summed E-state index contributed by atoms with van der Waals surface area (Å²) in [5, 5.41) is 0. The molecule has 3 heteroatoms. The average molecular weight is 263 g/mol. The highest BCUT2D eigenvalue weighted by molar-refractivity contribution is 5.02. The van der Waals surface area contributed by atoms with Crippen molar-refractivity contribution in [1.29, 1.82) is 0 Å². The molecule has 108 valence electrons. The Kier molecular flexibility index (Phi) is 4.67. The molecule has 3 nitrogen and oxygen atoms in total. The minimum absolute atomic E-state index is 0.0256. The van der Waals surface area contributed by atoms with Gasteiger partial charge in [0.1, 0.15) is 5.82 Å². The maximum atomic E-state index is 6.62. The maximum Gasteiger partial charge on any atom is 0.110 e. The SMILES string of the molecule is CCCn1ccnc1CC1(N)CCC(C(C)C)CC1. The van der Waals surface area contributed by atoms with Gasteiger partial charge >= 0.3 is 0 Å². The van der Waals surface area contributed by atoms with Crippen LogP contribution in [-0.2, 0) is 13.0 Å². The fourth-order valence-electron chi connectivity index (χ4n) is 3.33. The fraction of sp³-hybridized carbons (Fsp3) is 0.812. The van der Waals surface area contributed by atoms with Crippen molar-refractivity contribution in [1.82, 2.24) is 9.55 Å². The lowest BCUT2D eigenvalue weighted by Gasteiger charge is -2.38. The van der Waals surface area contributed by atoms with E-state index in [1.807, 2.05) is 6.20 Å². The number of aromatic nitrogens is 2. The van der Waals surface area contributed by atoms with E-state index in [0.717, 1.165) is 44.1 Å². The van der Waals surface area contributed by atoms with E-state index in [4.69, 9.17) is 5.73 Å². The van der Waals surface area contributed by atoms with Crippen molar-refractivity contribution >= 4 is 0 Å². The Morgan fingerprint density at radius 3 is 2.68 bits per heavy atom. The van der Waals surface area contributed by atoms with Gasteiger partial charge in [0.05, 0.1) is 0 Å². The molecule has 1 aromatic heterocycles. The van der Waals surface area contributed by atoms with Crippen LogP contribution < -0.4 is 5.73 Å². The van der Waals surface area contributed by atoms with Gasteiger partial charge in [0.25, 0.3) is 0 Å². The molecular formula is C16H29N3. The third-order valence-electron chi connectivity index (χ3n) is 4.75. The van der Waals surface area contributed by atoms with Crippen LogP contribution in [0.3, 0.4) is 0 Å². The quantitative estimate of drug-likeness (QED) is 0.885. The Morgan fingerprint density at radius 2 is 2.11 bits per heavy atom. The molecule has 1 aromatic rings. The van der Waals surface area contributed by atoms with Gasteiger partial charge in [-0.05, 0) is 43.9 Å². The van der Waals surface area contributed by atoms with Crippen molar-refractivity contribution in [3.63, 3.8) is 0 Å². The molecule has 0 aliphatic heterocycles. The normalized spacial score (nSPS) is 27.9. The highest BCUT2D eigenvalue weighted by Gasteiger charge is 2.33. The number of nitrogens with two attached hydrogens (primary N) is 1. The number of hydrogen-bond acceptors (Lipinski definition) is 2. The Labute approximate surface area is 117 Å². The Bertz CT molecular complexity index is 386. The number of rotatable bonds is 5. The predicted octanol–water partition coefficient (Wildman–Crippen LogP) is 3.38. The Balaban J connectivity index is 1.97. The van der Waals surface area contributed by atoms with Crippen molar-refractivity contribution in [2.75, 3.05) is 0 Å². The maximum absolute atomic E-state index is 6.62. The molecule has 2 N–H and O–H groups in total. The van der Waals surface area contributed by atoms with Gasteiger partial charge in [-0.3, -0.25) is 0 Å². The topological polar surface area (TPSA) is 43.8 Å². The van der Waals surface area contributed by atoms with Crippen LogP contribution in [0.4, 0.5) is 0 Å². The van der Waals surface area contributed by atoms with E-state index >= 15 is 0 Å². The first-order valence-electron chi connectivity index (χ1n) is 7.83. The van der Waals surface area contributed by atoms with E-state index in [0.29, 0.717) is 0 Å². The molecule has 0 aromatic carbocycles. The summed E-state index contributed by atoms with van der Waals surface area (Å²) in [5.74, 6) is 2.84. The van der Waals surface area contributed by atoms with Gasteiger partial charge < -0.3 is 10.3 Å². The first kappa shape index (κ1) is 14.6. The second kappa shape index (κ2) is 6.08. The number of imidazole rings is 1. The van der Waals surface area contributed by atoms with Crippen LogP contribution in [-0.4, -0.2) is 15.1 Å². The van der Waals surface area contributed by atoms with Gasteiger partial charge in [-0.1, -0.05) is 20.8 Å². The van der Waals surface area contributed by atoms with Gasteiger partial charge in [-0.25, -0.2) is 4.98 Å². The number of hydrogen-bond donors (Lipinski definition) is 1. The summed E-state index contributed by atoms with van der Waals surface area (Å²) in [7, 11) is 0. The molecule has 1 saturated carbocycles. The van der Waals surface area contributed by atoms with Crippen molar-refractivity contribution in [2.45, 2.75) is 71.4 Å². The van der Waals surface area contributed by atoms with Gasteiger partial charge in [0.15, 0.2) is 0 Å². The van der Waals surface area contributed by atoms with Crippen molar-refractivity contribution in [3.8, 4) is 0 Å². The van der Waals surface area contributed by atoms with E-state index in [2.05, 4.69) is 36.5 Å². The summed E-state index contributed by atoms with van der Waals surface area (Å²) in [4.78, 5) is 4.51. The van der Waals surface area contributed by atoms with Crippen LogP contribution in [0, 0.1) is 11.8 Å². The van der Waals surface area contributed by atoms with Gasteiger partial charge in [0.2, 0.25) is 0 Å². The van der Waals surface area contributed by atoms with E-state index < -0.39 is 0 Å². The first-order valence-corrected chi connectivity index (χ1v) is 7.83. The van der Waals surface area contributed by atoms with Crippen LogP contribution in [0.1, 0.15) is 58.7 Å². The average Bonchev–Trinajstić information content (AvgIpc) is 2.77. The smallest absolute Gasteiger partial charge is 0.110 e. The Morgan fingerprint density at radius 1 is 1.42 bits per heavy atom. The largest absolute Gasteiger partial charge is 0.335 e. The monoisotopic (exact) mass is 263 g/mol. The highest BCUT2D eigenvalue weighted by atomic mass is 15.1. The van der Waals surface area contributed by atoms with Crippen LogP contribution in [0.25, 0.3) is 0 Å². The fourth-order valence-corrected chi connectivity index (χ4v) is 3.33. The van der Waals surface area contributed by atoms with E-state index in [1.54, 1.807) is 0 Å². The summed E-state index contributed by atoms with van der Waals surface area (Å²) in [6.45, 7) is 7.93. The van der Waals surface area contributed by atoms with E-state index in [-0.39, 0.29) is 5.54 Å². The molecule has 0 spiro atoms. The molecule has 2 rings (SSSR count). The number of nitrogens with zero attached hydrogens (tertiary/aromatic N) is 2. The third kappa shape index (κ3) is 3.59. The molecule has 0 amide bonds. The summed E-state index contributed by atoms with van der Waals surface area (Å²) >= 11 is 0. The van der Waals surface area contributed by atoms with E-state index in [9.17, 15) is 0 Å². The molecule has 1 aliphatic rings. The summed E-state index contributed by atoms with van der Waals surface area (Å²) < 4.78 is 2.27. The lowest BCUT2D eigenvalue weighted by Crippen LogP contribution is -2.46. The minimum Gasteiger partial charge on any atom is -0.335 e. The molecule has 19 heavy (non-hydrogen) atoms. The predicted molar refractivity (Wildman–Crippen MR) is 79.9 cm³/mol. The lowest BCUT2D eigenvalue weighted by atomic mass is 9.72. The summed E-state index contributed by atoms with van der Waals surface area (Å²) in [6.07, 6.45) is 10.9. The molecule has 0 atom stereocenters. The minimum atomic E-state index is -0.0256. The third-order valence-corrected chi connectivity index (χ3v) is 4.75. The zero-order valence-corrected chi connectivity index (χ0v) is 12.7. The molecule has 1 aliphatic carbocycles. The second-order valence-corrected chi connectivity index (χ2v) is 6.66. The molecule has 1 heterocycles. The standard InChI is InChI=1S/C16H29N3/c1-4-10-19-11-9-18-15(19)12-16(17)7-5-14(6-8-16)13(2)3/h9,11,13-14H,4-8,10,12,17H2,1-3H3. The van der Waals surface area contributed by atoms with Crippen LogP contribution in [0.2, 0.25) is 0 Å². The molecule has 0 unspecified atom stereocenters. The van der Waals surface area contributed by atoms with Gasteiger partial charge in [-0.15, -0.1) is 0 Å². The molecular weight excluding hydrogens is 234 g/mol. The lowest BCUT2D eigenvalue weighted by molar-refractivity contribution is 0.191. The van der Waals surface area contributed by atoms with Crippen molar-refractivity contribution in [2.24, 2.45) is 17.6 Å². The summed E-state index contributed by atoms with van der Waals surface area (Å²) in [5.41, 5.74) is 6.60. The Hall–Kier alpha value is -0.830.